The zero-order valence-corrected chi connectivity index (χ0v) is 39.9. The van der Waals surface area contributed by atoms with Gasteiger partial charge in [-0.05, 0) is 92.1 Å². The van der Waals surface area contributed by atoms with E-state index in [1.54, 1.807) is 0 Å². The van der Waals surface area contributed by atoms with Crippen LogP contribution in [0.2, 0.25) is 0 Å². The highest BCUT2D eigenvalue weighted by molar-refractivity contribution is 5.76. The highest BCUT2D eigenvalue weighted by atomic mass is 19.4. The largest absolute Gasteiger partial charge is 0.491 e. The minimum absolute atomic E-state index is 0.137. The topological polar surface area (TPSA) is 27.7 Å². The number of hydrogen-bond donors (Lipinski definition) is 0. The van der Waals surface area contributed by atoms with E-state index in [0.717, 1.165) is 133 Å². The molecule has 69 heavy (non-hydrogen) atoms. The van der Waals surface area contributed by atoms with Gasteiger partial charge in [0.05, 0.1) is 36.5 Å². The van der Waals surface area contributed by atoms with E-state index in [-0.39, 0.29) is 70.4 Å². The summed E-state index contributed by atoms with van der Waals surface area (Å²) in [6.07, 6.45) is 3.21. The Morgan fingerprint density at radius 1 is 0.304 bits per heavy atom. The molecule has 0 amide bonds. The second kappa shape index (κ2) is 28.7. The molecule has 0 saturated heterocycles. The van der Waals surface area contributed by atoms with Gasteiger partial charge in [-0.3, -0.25) is 0 Å². The van der Waals surface area contributed by atoms with E-state index >= 15 is 0 Å². The third-order valence-corrected chi connectivity index (χ3v) is 11.2. The quantitative estimate of drug-likeness (QED) is 0.0398. The van der Waals surface area contributed by atoms with Crippen molar-refractivity contribution < 1.29 is 53.7 Å². The van der Waals surface area contributed by atoms with E-state index < -0.39 is 35.2 Å². The van der Waals surface area contributed by atoms with E-state index in [1.165, 1.54) is 36.4 Å². The highest BCUT2D eigenvalue weighted by Gasteiger charge is 2.32. The average Bonchev–Trinajstić information content (AvgIpc) is 3.31. The summed E-state index contributed by atoms with van der Waals surface area (Å²) in [4.78, 5) is 0. The summed E-state index contributed by atoms with van der Waals surface area (Å²) in [7, 11) is 0. The molecule has 0 atom stereocenters. The lowest BCUT2D eigenvalue weighted by Crippen LogP contribution is -2.11. The van der Waals surface area contributed by atoms with Crippen LogP contribution in [0.1, 0.15) is 186 Å². The number of unbranched alkanes of at least 4 members (excludes halogenated alkanes) is 15. The Morgan fingerprint density at radius 3 is 0.739 bits per heavy atom. The Labute approximate surface area is 402 Å². The summed E-state index contributed by atoms with van der Waals surface area (Å²) < 4.78 is 142. The fourth-order valence-electron chi connectivity index (χ4n) is 7.26. The summed E-state index contributed by atoms with van der Waals surface area (Å²) >= 11 is 0. The van der Waals surface area contributed by atoms with E-state index in [0.29, 0.717) is 19.3 Å². The molecule has 0 N–H and O–H groups in total. The first-order chi connectivity index (χ1) is 33.1. The minimum Gasteiger partial charge on any atom is -0.491 e. The summed E-state index contributed by atoms with van der Waals surface area (Å²) in [5, 5.41) is 0. The van der Waals surface area contributed by atoms with Crippen LogP contribution in [0, 0.1) is 35.5 Å². The molecule has 0 unspecified atom stereocenters. The van der Waals surface area contributed by atoms with Gasteiger partial charge >= 0.3 is 18.5 Å². The van der Waals surface area contributed by atoms with Crippen molar-refractivity contribution in [3.63, 3.8) is 0 Å². The van der Waals surface area contributed by atoms with Gasteiger partial charge in [-0.25, -0.2) is 0 Å². The lowest BCUT2D eigenvalue weighted by atomic mass is 9.98. The number of alkyl halides is 9. The van der Waals surface area contributed by atoms with Gasteiger partial charge in [0.25, 0.3) is 0 Å². The fraction of sp³-hybridized carbons (Fsp3) is 0.474. The number of halogens is 9. The third kappa shape index (κ3) is 19.3. The van der Waals surface area contributed by atoms with Crippen LogP contribution in [0.15, 0.2) is 72.8 Å². The van der Waals surface area contributed by atoms with Gasteiger partial charge in [-0.1, -0.05) is 153 Å². The lowest BCUT2D eigenvalue weighted by Gasteiger charge is -2.21. The van der Waals surface area contributed by atoms with Crippen LogP contribution >= 0.6 is 0 Å². The smallest absolute Gasteiger partial charge is 0.416 e. The molecular weight excluding hydrogens is 904 g/mol. The Kier molecular flexibility index (Phi) is 23.3. The van der Waals surface area contributed by atoms with E-state index in [9.17, 15) is 39.5 Å². The molecule has 0 aliphatic rings. The van der Waals surface area contributed by atoms with Gasteiger partial charge in [0.15, 0.2) is 17.2 Å². The van der Waals surface area contributed by atoms with Crippen molar-refractivity contribution in [1.29, 1.82) is 0 Å². The van der Waals surface area contributed by atoms with Crippen LogP contribution in [0.4, 0.5) is 39.5 Å². The Morgan fingerprint density at radius 2 is 0.522 bits per heavy atom. The molecule has 0 aliphatic carbocycles. The molecule has 0 radical (unpaired) electrons. The predicted molar refractivity (Wildman–Crippen MR) is 255 cm³/mol. The van der Waals surface area contributed by atoms with Gasteiger partial charge < -0.3 is 14.2 Å². The molecule has 0 spiro atoms. The van der Waals surface area contributed by atoms with Crippen LogP contribution < -0.4 is 14.2 Å². The molecule has 0 bridgehead atoms. The van der Waals surface area contributed by atoms with Crippen LogP contribution in [0.3, 0.4) is 0 Å². The molecule has 12 heteroatoms. The average molecular weight is 967 g/mol. The monoisotopic (exact) mass is 966 g/mol. The van der Waals surface area contributed by atoms with Gasteiger partial charge in [0.1, 0.15) is 16.7 Å². The number of rotatable bonds is 24. The molecule has 3 nitrogen and oxygen atoms in total. The predicted octanol–water partition coefficient (Wildman–Crippen LogP) is 17.2. The van der Waals surface area contributed by atoms with Gasteiger partial charge in [-0.2, -0.15) is 39.5 Å². The SMILES string of the molecule is CCCCCCCCOc1c(C#Cc2ccc(C(F)(F)F)cc2)c(OCCCCCCCC)c(C#Cc2ccc(C(F)(F)F)cc2)c(OCCCCCCCC)c1C#Cc1ccc(C(F)(F)F)cc1. The molecule has 4 rings (SSSR count). The van der Waals surface area contributed by atoms with E-state index in [2.05, 4.69) is 56.3 Å². The maximum Gasteiger partial charge on any atom is 0.416 e. The Hall–Kier alpha value is -5.67. The molecular formula is C57H63F9O3. The maximum absolute atomic E-state index is 13.6. The number of ether oxygens (including phenoxy) is 3. The van der Waals surface area contributed by atoms with Crippen molar-refractivity contribution >= 4 is 0 Å². The van der Waals surface area contributed by atoms with Crippen molar-refractivity contribution in [1.82, 2.24) is 0 Å². The van der Waals surface area contributed by atoms with Gasteiger partial charge in [0, 0.05) is 16.7 Å². The van der Waals surface area contributed by atoms with Crippen LogP contribution in [0.5, 0.6) is 17.2 Å². The molecule has 0 aromatic heterocycles. The van der Waals surface area contributed by atoms with Crippen LogP contribution in [0.25, 0.3) is 0 Å². The van der Waals surface area contributed by atoms with Crippen molar-refractivity contribution in [3.05, 3.63) is 123 Å². The first-order valence-corrected chi connectivity index (χ1v) is 24.3. The zero-order valence-electron chi connectivity index (χ0n) is 39.9. The Bertz CT molecular complexity index is 2060. The normalized spacial score (nSPS) is 11.5. The molecule has 4 aromatic rings. The first kappa shape index (κ1) is 55.9. The molecule has 4 aromatic carbocycles. The van der Waals surface area contributed by atoms with E-state index in [4.69, 9.17) is 14.2 Å². The standard InChI is InChI=1S/C57H63F9O3/c1-4-7-10-13-16-19-40-67-52-49(37-28-43-22-31-46(32-23-43)55(58,59)60)53(68-41-20-17-14-11-8-5-2)51(39-30-45-26-35-48(36-27-45)57(64,65)66)54(69-42-21-18-15-12-9-6-3)50(52)38-29-44-24-33-47(34-25-44)56(61,62)63/h22-27,31-36H,4-21,40-42H2,1-3H3. The molecule has 372 valence electrons. The maximum atomic E-state index is 13.6. The molecule has 0 saturated carbocycles. The van der Waals surface area contributed by atoms with Crippen molar-refractivity contribution in [3.8, 4) is 52.8 Å². The molecule has 0 fully saturated rings. The molecule has 0 aliphatic heterocycles. The summed E-state index contributed by atoms with van der Waals surface area (Å²) in [6, 6.07) is 13.1. The van der Waals surface area contributed by atoms with Crippen molar-refractivity contribution in [2.24, 2.45) is 0 Å². The lowest BCUT2D eigenvalue weighted by molar-refractivity contribution is -0.138. The first-order valence-electron chi connectivity index (χ1n) is 24.3. The van der Waals surface area contributed by atoms with Crippen molar-refractivity contribution in [2.75, 3.05) is 19.8 Å². The second-order valence-corrected chi connectivity index (χ2v) is 16.9. The van der Waals surface area contributed by atoms with Gasteiger partial charge in [-0.15, -0.1) is 0 Å². The van der Waals surface area contributed by atoms with Gasteiger partial charge in [0.2, 0.25) is 0 Å². The zero-order chi connectivity index (χ0) is 50.1. The van der Waals surface area contributed by atoms with E-state index in [1.807, 2.05) is 0 Å². The Balaban J connectivity index is 2.06. The summed E-state index contributed by atoms with van der Waals surface area (Å²) in [5.41, 5.74) is -1.36. The highest BCUT2D eigenvalue weighted by Crippen LogP contribution is 2.44. The van der Waals surface area contributed by atoms with Crippen LogP contribution in [-0.4, -0.2) is 19.8 Å². The molecule has 0 heterocycles. The fourth-order valence-corrected chi connectivity index (χ4v) is 7.26. The van der Waals surface area contributed by atoms with Crippen molar-refractivity contribution in [2.45, 2.75) is 155 Å². The second-order valence-electron chi connectivity index (χ2n) is 16.9. The number of hydrogen-bond acceptors (Lipinski definition) is 3. The van der Waals surface area contributed by atoms with Crippen LogP contribution in [-0.2, 0) is 18.5 Å². The summed E-state index contributed by atoms with van der Waals surface area (Å²) in [6.45, 7) is 6.96. The minimum atomic E-state index is -4.58. The number of benzene rings is 4. The third-order valence-electron chi connectivity index (χ3n) is 11.2. The summed E-state index contributed by atoms with van der Waals surface area (Å²) in [5.74, 6) is 18.7.